The van der Waals surface area contributed by atoms with Gasteiger partial charge in [0, 0.05) is 6.20 Å². The fraction of sp³-hybridized carbons (Fsp3) is 0.471. The number of aliphatic hydroxyl groups excluding tert-OH is 1. The van der Waals surface area contributed by atoms with Gasteiger partial charge in [0.05, 0.1) is 24.0 Å². The quantitative estimate of drug-likeness (QED) is 0.882. The molecule has 1 amide bonds. The van der Waals surface area contributed by atoms with E-state index in [-0.39, 0.29) is 24.0 Å². The number of carbonyl (C=O) groups is 1. The lowest BCUT2D eigenvalue weighted by atomic mass is 9.88. The van der Waals surface area contributed by atoms with E-state index < -0.39 is 0 Å². The second-order valence-corrected chi connectivity index (χ2v) is 7.77. The third kappa shape index (κ3) is 4.84. The summed E-state index contributed by atoms with van der Waals surface area (Å²) in [6.45, 7) is 7.99. The van der Waals surface area contributed by atoms with Crippen LogP contribution in [-0.2, 0) is 0 Å². The van der Waals surface area contributed by atoms with Crippen molar-refractivity contribution in [2.24, 2.45) is 5.41 Å². The highest BCUT2D eigenvalue weighted by atomic mass is 32.1. The van der Waals surface area contributed by atoms with Crippen molar-refractivity contribution in [2.45, 2.75) is 40.2 Å². The number of nitrogens with one attached hydrogen (secondary N) is 1. The Morgan fingerprint density at radius 2 is 2.13 bits per heavy atom. The second kappa shape index (κ2) is 7.19. The molecule has 0 aliphatic carbocycles. The summed E-state index contributed by atoms with van der Waals surface area (Å²) in [5.41, 5.74) is 1.47. The Kier molecular flexibility index (Phi) is 5.49. The molecule has 2 aromatic heterocycles. The summed E-state index contributed by atoms with van der Waals surface area (Å²) < 4.78 is 0. The van der Waals surface area contributed by atoms with E-state index in [0.717, 1.165) is 10.7 Å². The smallest absolute Gasteiger partial charge is 0.263 e. The normalized spacial score (nSPS) is 12.9. The van der Waals surface area contributed by atoms with Crippen LogP contribution >= 0.6 is 11.3 Å². The molecule has 0 aliphatic heterocycles. The minimum atomic E-state index is -0.262. The first-order chi connectivity index (χ1) is 10.8. The minimum absolute atomic E-state index is 0.0303. The molecule has 0 aliphatic rings. The molecule has 23 heavy (non-hydrogen) atoms. The maximum atomic E-state index is 12.5. The molecule has 1 atom stereocenters. The number of aromatic nitrogens is 2. The lowest BCUT2D eigenvalue weighted by Gasteiger charge is -2.25. The van der Waals surface area contributed by atoms with Crippen molar-refractivity contribution in [3.8, 4) is 10.7 Å². The average Bonchev–Trinajstić information content (AvgIpc) is 2.88. The van der Waals surface area contributed by atoms with Crippen LogP contribution in [0, 0.1) is 12.3 Å². The van der Waals surface area contributed by atoms with Crippen LogP contribution in [0.3, 0.4) is 0 Å². The van der Waals surface area contributed by atoms with Gasteiger partial charge in [0.25, 0.3) is 5.91 Å². The highest BCUT2D eigenvalue weighted by molar-refractivity contribution is 7.17. The van der Waals surface area contributed by atoms with Crippen LogP contribution in [0.25, 0.3) is 10.7 Å². The molecular formula is C17H23N3O2S. The largest absolute Gasteiger partial charge is 0.394 e. The number of aliphatic hydroxyl groups is 1. The minimum Gasteiger partial charge on any atom is -0.394 e. The van der Waals surface area contributed by atoms with Crippen LogP contribution in [0.4, 0.5) is 0 Å². The zero-order valence-corrected chi connectivity index (χ0v) is 14.8. The van der Waals surface area contributed by atoms with E-state index in [1.807, 2.05) is 25.1 Å². The molecule has 0 bridgehead atoms. The van der Waals surface area contributed by atoms with E-state index in [1.165, 1.54) is 11.3 Å². The number of pyridine rings is 1. The van der Waals surface area contributed by atoms with E-state index >= 15 is 0 Å². The summed E-state index contributed by atoms with van der Waals surface area (Å²) >= 11 is 1.32. The van der Waals surface area contributed by atoms with Gasteiger partial charge < -0.3 is 10.4 Å². The number of aryl methyl sites for hydroxylation is 1. The van der Waals surface area contributed by atoms with E-state index in [0.29, 0.717) is 17.0 Å². The number of carbonyl (C=O) groups excluding carboxylic acids is 1. The molecule has 0 saturated carbocycles. The average molecular weight is 333 g/mol. The van der Waals surface area contributed by atoms with Gasteiger partial charge in [-0.15, -0.1) is 11.3 Å². The van der Waals surface area contributed by atoms with Crippen molar-refractivity contribution in [3.63, 3.8) is 0 Å². The van der Waals surface area contributed by atoms with Crippen LogP contribution in [0.2, 0.25) is 0 Å². The maximum absolute atomic E-state index is 12.5. The monoisotopic (exact) mass is 333 g/mol. The third-order valence-electron chi connectivity index (χ3n) is 3.30. The van der Waals surface area contributed by atoms with Crippen molar-refractivity contribution in [2.75, 3.05) is 6.61 Å². The Bertz CT molecular complexity index is 662. The first-order valence-corrected chi connectivity index (χ1v) is 8.42. The highest BCUT2D eigenvalue weighted by Crippen LogP contribution is 2.27. The number of rotatable bonds is 5. The number of thiazole rings is 1. The van der Waals surface area contributed by atoms with Gasteiger partial charge in [-0.2, -0.15) is 0 Å². The summed E-state index contributed by atoms with van der Waals surface area (Å²) in [4.78, 5) is 21.8. The summed E-state index contributed by atoms with van der Waals surface area (Å²) in [7, 11) is 0. The Labute approximate surface area is 140 Å². The number of hydrogen-bond acceptors (Lipinski definition) is 5. The molecule has 0 radical (unpaired) electrons. The van der Waals surface area contributed by atoms with Gasteiger partial charge in [-0.05, 0) is 30.9 Å². The highest BCUT2D eigenvalue weighted by Gasteiger charge is 2.23. The molecule has 2 N–H and O–H groups in total. The van der Waals surface area contributed by atoms with Crippen molar-refractivity contribution in [1.82, 2.24) is 15.3 Å². The van der Waals surface area contributed by atoms with E-state index in [4.69, 9.17) is 0 Å². The zero-order valence-electron chi connectivity index (χ0n) is 14.0. The SMILES string of the molecule is Cc1nc(-c2ccccn2)sc1C(=O)NC(CO)CC(C)(C)C. The molecule has 2 aromatic rings. The lowest BCUT2D eigenvalue weighted by Crippen LogP contribution is -2.39. The number of nitrogens with zero attached hydrogens (tertiary/aromatic N) is 2. The van der Waals surface area contributed by atoms with Gasteiger partial charge in [0.1, 0.15) is 9.88 Å². The van der Waals surface area contributed by atoms with E-state index in [1.54, 1.807) is 6.20 Å². The Balaban J connectivity index is 2.15. The van der Waals surface area contributed by atoms with Gasteiger partial charge in [0.15, 0.2) is 0 Å². The molecule has 2 rings (SSSR count). The topological polar surface area (TPSA) is 75.1 Å². The first-order valence-electron chi connectivity index (χ1n) is 7.61. The molecule has 0 saturated heterocycles. The number of hydrogen-bond donors (Lipinski definition) is 2. The maximum Gasteiger partial charge on any atom is 0.263 e. The van der Waals surface area contributed by atoms with Crippen LogP contribution in [0.1, 0.15) is 42.6 Å². The van der Waals surface area contributed by atoms with E-state index in [9.17, 15) is 9.90 Å². The Hall–Kier alpha value is -1.79. The molecule has 0 fully saturated rings. The lowest BCUT2D eigenvalue weighted by molar-refractivity contribution is 0.0901. The zero-order chi connectivity index (χ0) is 17.0. The predicted molar refractivity (Wildman–Crippen MR) is 92.5 cm³/mol. The molecule has 2 heterocycles. The molecule has 0 aromatic carbocycles. The molecule has 6 heteroatoms. The van der Waals surface area contributed by atoms with E-state index in [2.05, 4.69) is 36.1 Å². The summed E-state index contributed by atoms with van der Waals surface area (Å²) in [6.07, 6.45) is 2.41. The van der Waals surface area contributed by atoms with Gasteiger partial charge >= 0.3 is 0 Å². The molecule has 1 unspecified atom stereocenters. The van der Waals surface area contributed by atoms with Crippen molar-refractivity contribution in [3.05, 3.63) is 35.0 Å². The summed E-state index contributed by atoms with van der Waals surface area (Å²) in [5.74, 6) is -0.189. The van der Waals surface area contributed by atoms with Crippen LogP contribution in [-0.4, -0.2) is 33.6 Å². The van der Waals surface area contributed by atoms with Gasteiger partial charge in [-0.3, -0.25) is 9.78 Å². The van der Waals surface area contributed by atoms with Crippen molar-refractivity contribution >= 4 is 17.2 Å². The second-order valence-electron chi connectivity index (χ2n) is 6.77. The summed E-state index contributed by atoms with van der Waals surface area (Å²) in [6, 6.07) is 5.35. The third-order valence-corrected chi connectivity index (χ3v) is 4.48. The molecular weight excluding hydrogens is 310 g/mol. The Morgan fingerprint density at radius 1 is 1.39 bits per heavy atom. The number of amides is 1. The van der Waals surface area contributed by atoms with Crippen LogP contribution < -0.4 is 5.32 Å². The van der Waals surface area contributed by atoms with Gasteiger partial charge in [-0.25, -0.2) is 4.98 Å². The van der Waals surface area contributed by atoms with Gasteiger partial charge in [0.2, 0.25) is 0 Å². The predicted octanol–water partition coefficient (Wildman–Crippen LogP) is 3.04. The molecule has 0 spiro atoms. The van der Waals surface area contributed by atoms with Crippen LogP contribution in [0.15, 0.2) is 24.4 Å². The molecule has 124 valence electrons. The van der Waals surface area contributed by atoms with Crippen molar-refractivity contribution < 1.29 is 9.90 Å². The van der Waals surface area contributed by atoms with Gasteiger partial charge in [-0.1, -0.05) is 26.8 Å². The fourth-order valence-electron chi connectivity index (χ4n) is 2.36. The molecule has 5 nitrogen and oxygen atoms in total. The first kappa shape index (κ1) is 17.6. The Morgan fingerprint density at radius 3 is 2.70 bits per heavy atom. The summed E-state index contributed by atoms with van der Waals surface area (Å²) in [5, 5.41) is 13.1. The van der Waals surface area contributed by atoms with Crippen molar-refractivity contribution in [1.29, 1.82) is 0 Å². The standard InChI is InChI=1S/C17H23N3O2S/c1-11-14(15(22)20-12(10-21)9-17(2,3)4)23-16(19-11)13-7-5-6-8-18-13/h5-8,12,21H,9-10H2,1-4H3,(H,20,22). The fourth-order valence-corrected chi connectivity index (χ4v) is 3.30. The van der Waals surface area contributed by atoms with Crippen LogP contribution in [0.5, 0.6) is 0 Å².